The number of hydrogen-bond donors (Lipinski definition) is 4. The van der Waals surface area contributed by atoms with E-state index in [9.17, 15) is 4.79 Å². The number of Topliss-reactive ketones (excluding diaryl/α,β-unsaturated/α-hetero) is 1. The monoisotopic (exact) mass is 366 g/mol. The molecule has 0 unspecified atom stereocenters. The van der Waals surface area contributed by atoms with Gasteiger partial charge >= 0.3 is 0 Å². The van der Waals surface area contributed by atoms with Gasteiger partial charge in [0.05, 0.1) is 13.1 Å². The number of nitrogens with one attached hydrogen (secondary N) is 4. The number of carbonyl (C=O) groups excluding carboxylic acids is 1. The van der Waals surface area contributed by atoms with Gasteiger partial charge in [-0.3, -0.25) is 4.79 Å². The Bertz CT molecular complexity index is 434. The quantitative estimate of drug-likeness (QED) is 0.581. The summed E-state index contributed by atoms with van der Waals surface area (Å²) < 4.78 is 0. The van der Waals surface area contributed by atoms with Gasteiger partial charge in [0.15, 0.2) is 5.78 Å². The summed E-state index contributed by atoms with van der Waals surface area (Å²) in [5.41, 5.74) is 0.417. The summed E-state index contributed by atoms with van der Waals surface area (Å²) in [5, 5.41) is 14.4. The Hall–Kier alpha value is -0.490. The Balaban J connectivity index is 1.77. The van der Waals surface area contributed by atoms with E-state index >= 15 is 0 Å². The van der Waals surface area contributed by atoms with Gasteiger partial charge in [-0.2, -0.15) is 0 Å². The normalized spacial score (nSPS) is 28.0. The fraction of sp³-hybridized carbons (Fsp3) is 0.952. The van der Waals surface area contributed by atoms with Crippen molar-refractivity contribution in [1.29, 1.82) is 0 Å². The number of piperidine rings is 2. The molecule has 2 aliphatic heterocycles. The Morgan fingerprint density at radius 1 is 0.692 bits per heavy atom. The first-order valence-electron chi connectivity index (χ1n) is 10.2. The lowest BCUT2D eigenvalue weighted by atomic mass is 9.79. The van der Waals surface area contributed by atoms with Crippen LogP contribution in [0.15, 0.2) is 0 Å². The minimum Gasteiger partial charge on any atom is -0.307 e. The Labute approximate surface area is 160 Å². The summed E-state index contributed by atoms with van der Waals surface area (Å²) in [6, 6.07) is 0.781. The SMILES string of the molecule is CC1(C)CC(NCC(=O)CNC2CC(C)(C)NC(C)(C)C2)CC(C)(C)N1. The van der Waals surface area contributed by atoms with E-state index in [1.165, 1.54) is 0 Å². The van der Waals surface area contributed by atoms with Crippen molar-refractivity contribution in [3.8, 4) is 0 Å². The van der Waals surface area contributed by atoms with Crippen LogP contribution in [-0.2, 0) is 4.79 Å². The van der Waals surface area contributed by atoms with Crippen molar-refractivity contribution in [2.24, 2.45) is 0 Å². The largest absolute Gasteiger partial charge is 0.307 e. The van der Waals surface area contributed by atoms with Gasteiger partial charge in [0.2, 0.25) is 0 Å². The standard InChI is InChI=1S/C21H42N4O/c1-18(2)9-15(10-19(3,4)24-18)22-13-17(26)14-23-16-11-20(5,6)25-21(7,8)12-16/h15-16,22-25H,9-14H2,1-8H3. The summed E-state index contributed by atoms with van der Waals surface area (Å²) in [5.74, 6) is 0.258. The number of rotatable bonds is 6. The average molecular weight is 367 g/mol. The Morgan fingerprint density at radius 2 is 0.962 bits per heavy atom. The van der Waals surface area contributed by atoms with E-state index in [1.54, 1.807) is 0 Å². The fourth-order valence-electron chi connectivity index (χ4n) is 5.51. The molecule has 152 valence electrons. The second-order valence-corrected chi connectivity index (χ2v) is 11.3. The van der Waals surface area contributed by atoms with Crippen LogP contribution in [0.4, 0.5) is 0 Å². The zero-order valence-electron chi connectivity index (χ0n) is 18.3. The van der Waals surface area contributed by atoms with Crippen LogP contribution >= 0.6 is 0 Å². The Morgan fingerprint density at radius 3 is 1.23 bits per heavy atom. The van der Waals surface area contributed by atoms with E-state index in [4.69, 9.17) is 0 Å². The summed E-state index contributed by atoms with van der Waals surface area (Å²) in [6.07, 6.45) is 4.20. The summed E-state index contributed by atoms with van der Waals surface area (Å²) in [6.45, 7) is 18.9. The van der Waals surface area contributed by atoms with Crippen molar-refractivity contribution in [3.63, 3.8) is 0 Å². The fourth-order valence-corrected chi connectivity index (χ4v) is 5.51. The van der Waals surface area contributed by atoms with E-state index in [0.717, 1.165) is 25.7 Å². The van der Waals surface area contributed by atoms with Gasteiger partial charge in [-0.25, -0.2) is 0 Å². The molecule has 5 heteroatoms. The van der Waals surface area contributed by atoms with Crippen LogP contribution < -0.4 is 21.3 Å². The zero-order valence-corrected chi connectivity index (χ0v) is 18.3. The molecule has 4 N–H and O–H groups in total. The smallest absolute Gasteiger partial charge is 0.160 e. The molecule has 0 aromatic heterocycles. The molecule has 2 saturated heterocycles. The van der Waals surface area contributed by atoms with Crippen molar-refractivity contribution in [3.05, 3.63) is 0 Å². The van der Waals surface area contributed by atoms with Crippen molar-refractivity contribution in [2.75, 3.05) is 13.1 Å². The van der Waals surface area contributed by atoms with E-state index in [-0.39, 0.29) is 27.9 Å². The lowest BCUT2D eigenvalue weighted by molar-refractivity contribution is -0.118. The first-order valence-corrected chi connectivity index (χ1v) is 10.2. The molecule has 2 fully saturated rings. The van der Waals surface area contributed by atoms with Crippen molar-refractivity contribution < 1.29 is 4.79 Å². The van der Waals surface area contributed by atoms with Gasteiger partial charge in [0.25, 0.3) is 0 Å². The molecule has 0 aromatic rings. The van der Waals surface area contributed by atoms with Crippen molar-refractivity contribution >= 4 is 5.78 Å². The zero-order chi connectivity index (χ0) is 19.8. The maximum Gasteiger partial charge on any atom is 0.160 e. The molecular weight excluding hydrogens is 324 g/mol. The molecule has 0 spiro atoms. The minimum atomic E-state index is 0.104. The minimum absolute atomic E-state index is 0.104. The van der Waals surface area contributed by atoms with Crippen LogP contribution in [0, 0.1) is 0 Å². The number of ketones is 1. The first kappa shape index (κ1) is 21.8. The summed E-state index contributed by atoms with van der Waals surface area (Å²) >= 11 is 0. The third-order valence-corrected chi connectivity index (χ3v) is 5.56. The molecule has 5 nitrogen and oxygen atoms in total. The second-order valence-electron chi connectivity index (χ2n) is 11.3. The van der Waals surface area contributed by atoms with Crippen molar-refractivity contribution in [2.45, 2.75) is 115 Å². The van der Waals surface area contributed by atoms with Crippen LogP contribution in [0.25, 0.3) is 0 Å². The molecular formula is C21H42N4O. The maximum atomic E-state index is 12.4. The average Bonchev–Trinajstić information content (AvgIpc) is 2.36. The van der Waals surface area contributed by atoms with E-state index < -0.39 is 0 Å². The van der Waals surface area contributed by atoms with Crippen LogP contribution in [0.3, 0.4) is 0 Å². The lowest BCUT2D eigenvalue weighted by Gasteiger charge is -2.47. The summed E-state index contributed by atoms with van der Waals surface area (Å²) in [7, 11) is 0. The highest BCUT2D eigenvalue weighted by Crippen LogP contribution is 2.29. The molecule has 0 radical (unpaired) electrons. The second kappa shape index (κ2) is 7.50. The number of hydrogen-bond acceptors (Lipinski definition) is 5. The number of carbonyl (C=O) groups is 1. The molecule has 2 aliphatic rings. The van der Waals surface area contributed by atoms with Crippen LogP contribution in [0.1, 0.15) is 81.1 Å². The predicted octanol–water partition coefficient (Wildman–Crippen LogP) is 2.35. The topological polar surface area (TPSA) is 65.2 Å². The van der Waals surface area contributed by atoms with E-state index in [1.807, 2.05) is 0 Å². The predicted molar refractivity (Wildman–Crippen MR) is 110 cm³/mol. The highest BCUT2D eigenvalue weighted by atomic mass is 16.1. The molecule has 0 atom stereocenters. The first-order chi connectivity index (χ1) is 11.7. The van der Waals surface area contributed by atoms with Gasteiger partial charge in [0.1, 0.15) is 0 Å². The van der Waals surface area contributed by atoms with Crippen LogP contribution in [0.2, 0.25) is 0 Å². The third kappa shape index (κ3) is 6.91. The molecule has 2 rings (SSSR count). The highest BCUT2D eigenvalue weighted by molar-refractivity contribution is 5.82. The molecule has 26 heavy (non-hydrogen) atoms. The van der Waals surface area contributed by atoms with E-state index in [0.29, 0.717) is 25.2 Å². The van der Waals surface area contributed by atoms with E-state index in [2.05, 4.69) is 76.7 Å². The lowest BCUT2D eigenvalue weighted by Crippen LogP contribution is -2.62. The van der Waals surface area contributed by atoms with Gasteiger partial charge in [-0.1, -0.05) is 0 Å². The van der Waals surface area contributed by atoms with Gasteiger partial charge < -0.3 is 21.3 Å². The van der Waals surface area contributed by atoms with Gasteiger partial charge in [-0.05, 0) is 81.1 Å². The molecule has 0 amide bonds. The van der Waals surface area contributed by atoms with Crippen LogP contribution in [0.5, 0.6) is 0 Å². The molecule has 0 saturated carbocycles. The molecule has 0 bridgehead atoms. The van der Waals surface area contributed by atoms with Crippen LogP contribution in [-0.4, -0.2) is 53.1 Å². The Kier molecular flexibility index (Phi) is 6.29. The molecule has 2 heterocycles. The summed E-state index contributed by atoms with van der Waals surface area (Å²) in [4.78, 5) is 12.4. The highest BCUT2D eigenvalue weighted by Gasteiger charge is 2.38. The van der Waals surface area contributed by atoms with Gasteiger partial charge in [0, 0.05) is 34.2 Å². The molecule has 0 aromatic carbocycles. The maximum absolute atomic E-state index is 12.4. The van der Waals surface area contributed by atoms with Crippen molar-refractivity contribution in [1.82, 2.24) is 21.3 Å². The molecule has 0 aliphatic carbocycles. The third-order valence-electron chi connectivity index (χ3n) is 5.56. The van der Waals surface area contributed by atoms with Gasteiger partial charge in [-0.15, -0.1) is 0 Å².